The molecule has 3 nitrogen and oxygen atoms in total. The van der Waals surface area contributed by atoms with Gasteiger partial charge in [-0.15, -0.1) is 0 Å². The molecule has 0 heterocycles. The van der Waals surface area contributed by atoms with E-state index in [1.165, 1.54) is 0 Å². The Morgan fingerprint density at radius 2 is 2.23 bits per heavy atom. The zero-order valence-electron chi connectivity index (χ0n) is 7.79. The van der Waals surface area contributed by atoms with Gasteiger partial charge in [0.25, 0.3) is 0 Å². The third kappa shape index (κ3) is 2.36. The first-order chi connectivity index (χ1) is 6.29. The number of phenolic OH excluding ortho intramolecular Hbond substituents is 1. The second-order valence-electron chi connectivity index (χ2n) is 2.74. The number of benzene rings is 1. The largest absolute Gasteiger partial charge is 0.504 e. The first-order valence-electron chi connectivity index (χ1n) is 4.43. The minimum absolute atomic E-state index is 0.217. The molecule has 3 heteroatoms. The van der Waals surface area contributed by atoms with Gasteiger partial charge in [-0.2, -0.15) is 0 Å². The molecular weight excluding hydrogens is 166 g/mol. The number of aromatic hydroxyl groups is 1. The van der Waals surface area contributed by atoms with Crippen molar-refractivity contribution in [1.82, 2.24) is 0 Å². The molecule has 0 saturated heterocycles. The fourth-order valence-electron chi connectivity index (χ4n) is 1.20. The van der Waals surface area contributed by atoms with Gasteiger partial charge < -0.3 is 15.6 Å². The molecule has 0 aliphatic heterocycles. The topological polar surface area (TPSA) is 55.5 Å². The van der Waals surface area contributed by atoms with E-state index >= 15 is 0 Å². The van der Waals surface area contributed by atoms with Crippen molar-refractivity contribution in [2.75, 3.05) is 13.2 Å². The molecular formula is C10H15NO2. The van der Waals surface area contributed by atoms with Gasteiger partial charge in [-0.3, -0.25) is 0 Å². The lowest BCUT2D eigenvalue weighted by Crippen LogP contribution is -2.03. The smallest absolute Gasteiger partial charge is 0.161 e. The van der Waals surface area contributed by atoms with Crippen molar-refractivity contribution in [3.8, 4) is 11.5 Å². The predicted octanol–water partition coefficient (Wildman–Crippen LogP) is 1.29. The Kier molecular flexibility index (Phi) is 3.58. The van der Waals surface area contributed by atoms with Crippen molar-refractivity contribution in [2.45, 2.75) is 13.3 Å². The summed E-state index contributed by atoms with van der Waals surface area (Å²) >= 11 is 0. The van der Waals surface area contributed by atoms with E-state index in [0.717, 1.165) is 5.56 Å². The molecule has 1 aromatic rings. The molecule has 1 aromatic carbocycles. The van der Waals surface area contributed by atoms with Gasteiger partial charge in [0.15, 0.2) is 11.5 Å². The zero-order valence-corrected chi connectivity index (χ0v) is 7.79. The fraction of sp³-hybridized carbons (Fsp3) is 0.400. The highest BCUT2D eigenvalue weighted by Gasteiger charge is 2.05. The molecule has 0 aliphatic carbocycles. The van der Waals surface area contributed by atoms with Gasteiger partial charge in [0, 0.05) is 0 Å². The summed E-state index contributed by atoms with van der Waals surface area (Å²) in [6.45, 7) is 2.97. The van der Waals surface area contributed by atoms with Gasteiger partial charge in [-0.1, -0.05) is 12.1 Å². The summed E-state index contributed by atoms with van der Waals surface area (Å²) < 4.78 is 5.23. The van der Waals surface area contributed by atoms with Crippen LogP contribution >= 0.6 is 0 Å². The highest BCUT2D eigenvalue weighted by Crippen LogP contribution is 2.29. The van der Waals surface area contributed by atoms with E-state index in [1.54, 1.807) is 6.07 Å². The van der Waals surface area contributed by atoms with Crippen LogP contribution < -0.4 is 10.5 Å². The molecule has 0 radical (unpaired) electrons. The van der Waals surface area contributed by atoms with E-state index in [4.69, 9.17) is 10.5 Å². The van der Waals surface area contributed by atoms with Gasteiger partial charge in [0.05, 0.1) is 6.61 Å². The summed E-state index contributed by atoms with van der Waals surface area (Å²) in [5.41, 5.74) is 6.24. The number of hydrogen-bond donors (Lipinski definition) is 2. The average molecular weight is 181 g/mol. The van der Waals surface area contributed by atoms with E-state index in [1.807, 2.05) is 19.1 Å². The van der Waals surface area contributed by atoms with Crippen LogP contribution in [-0.4, -0.2) is 18.3 Å². The Balaban J connectivity index is 2.89. The minimum Gasteiger partial charge on any atom is -0.504 e. The maximum atomic E-state index is 9.67. The first-order valence-corrected chi connectivity index (χ1v) is 4.43. The van der Waals surface area contributed by atoms with Crippen LogP contribution in [0.2, 0.25) is 0 Å². The molecule has 0 unspecified atom stereocenters. The maximum Gasteiger partial charge on any atom is 0.161 e. The number of phenols is 1. The second kappa shape index (κ2) is 4.72. The summed E-state index contributed by atoms with van der Waals surface area (Å²) in [5, 5.41) is 9.67. The van der Waals surface area contributed by atoms with Crippen LogP contribution in [0.4, 0.5) is 0 Å². The van der Waals surface area contributed by atoms with Crippen molar-refractivity contribution in [2.24, 2.45) is 5.73 Å². The van der Waals surface area contributed by atoms with Crippen LogP contribution in [0.1, 0.15) is 12.5 Å². The highest BCUT2D eigenvalue weighted by molar-refractivity contribution is 5.45. The lowest BCUT2D eigenvalue weighted by molar-refractivity contribution is 0.316. The molecule has 13 heavy (non-hydrogen) atoms. The third-order valence-electron chi connectivity index (χ3n) is 1.80. The van der Waals surface area contributed by atoms with Gasteiger partial charge in [0.2, 0.25) is 0 Å². The average Bonchev–Trinajstić information content (AvgIpc) is 2.13. The van der Waals surface area contributed by atoms with E-state index < -0.39 is 0 Å². The summed E-state index contributed by atoms with van der Waals surface area (Å²) in [6.07, 6.45) is 0.673. The summed E-state index contributed by atoms with van der Waals surface area (Å²) in [6, 6.07) is 5.46. The van der Waals surface area contributed by atoms with Gasteiger partial charge in [-0.25, -0.2) is 0 Å². The van der Waals surface area contributed by atoms with Gasteiger partial charge in [0.1, 0.15) is 0 Å². The van der Waals surface area contributed by atoms with Crippen molar-refractivity contribution < 1.29 is 9.84 Å². The molecule has 0 bridgehead atoms. The molecule has 0 saturated carbocycles. The second-order valence-corrected chi connectivity index (χ2v) is 2.74. The molecule has 0 aliphatic rings. The van der Waals surface area contributed by atoms with E-state index in [2.05, 4.69) is 0 Å². The fourth-order valence-corrected chi connectivity index (χ4v) is 1.20. The van der Waals surface area contributed by atoms with Crippen LogP contribution in [0.5, 0.6) is 11.5 Å². The third-order valence-corrected chi connectivity index (χ3v) is 1.80. The normalized spacial score (nSPS) is 10.0. The Morgan fingerprint density at radius 3 is 2.85 bits per heavy atom. The molecule has 0 spiro atoms. The first kappa shape index (κ1) is 9.86. The SMILES string of the molecule is CCOc1cccc(CCN)c1O. The summed E-state index contributed by atoms with van der Waals surface area (Å²) in [4.78, 5) is 0. The van der Waals surface area contributed by atoms with E-state index in [0.29, 0.717) is 25.3 Å². The highest BCUT2D eigenvalue weighted by atomic mass is 16.5. The maximum absolute atomic E-state index is 9.67. The Hall–Kier alpha value is -1.22. The van der Waals surface area contributed by atoms with E-state index in [9.17, 15) is 5.11 Å². The van der Waals surface area contributed by atoms with Crippen LogP contribution in [0.3, 0.4) is 0 Å². The monoisotopic (exact) mass is 181 g/mol. The Labute approximate surface area is 78.1 Å². The Bertz CT molecular complexity index is 249. The molecule has 0 aromatic heterocycles. The molecule has 0 atom stereocenters. The number of hydrogen-bond acceptors (Lipinski definition) is 3. The Morgan fingerprint density at radius 1 is 1.46 bits per heavy atom. The van der Waals surface area contributed by atoms with Crippen LogP contribution in [0.15, 0.2) is 18.2 Å². The van der Waals surface area contributed by atoms with Crippen LogP contribution in [0, 0.1) is 0 Å². The lowest BCUT2D eigenvalue weighted by Gasteiger charge is -2.08. The van der Waals surface area contributed by atoms with Crippen molar-refractivity contribution in [3.05, 3.63) is 23.8 Å². The summed E-state index contributed by atoms with van der Waals surface area (Å²) in [7, 11) is 0. The molecule has 0 fully saturated rings. The summed E-state index contributed by atoms with van der Waals surface area (Å²) in [5.74, 6) is 0.753. The molecule has 0 amide bonds. The number of para-hydroxylation sites is 1. The number of ether oxygens (including phenoxy) is 1. The zero-order chi connectivity index (χ0) is 9.68. The van der Waals surface area contributed by atoms with Crippen LogP contribution in [0.25, 0.3) is 0 Å². The molecule has 72 valence electrons. The minimum atomic E-state index is 0.217. The lowest BCUT2D eigenvalue weighted by atomic mass is 10.1. The number of rotatable bonds is 4. The van der Waals surface area contributed by atoms with E-state index in [-0.39, 0.29) is 5.75 Å². The number of nitrogens with two attached hydrogens (primary N) is 1. The standard InChI is InChI=1S/C10H15NO2/c1-2-13-9-5-3-4-8(6-7-11)10(9)12/h3-5,12H,2,6-7,11H2,1H3. The molecule has 1 rings (SSSR count). The molecule has 3 N–H and O–H groups in total. The van der Waals surface area contributed by atoms with Crippen molar-refractivity contribution in [3.63, 3.8) is 0 Å². The van der Waals surface area contributed by atoms with Crippen molar-refractivity contribution in [1.29, 1.82) is 0 Å². The predicted molar refractivity (Wildman–Crippen MR) is 52.0 cm³/mol. The quantitative estimate of drug-likeness (QED) is 0.736. The van der Waals surface area contributed by atoms with Gasteiger partial charge in [-0.05, 0) is 31.5 Å². The van der Waals surface area contributed by atoms with Crippen LogP contribution in [-0.2, 0) is 6.42 Å². The van der Waals surface area contributed by atoms with Crippen molar-refractivity contribution >= 4 is 0 Å². The van der Waals surface area contributed by atoms with Gasteiger partial charge >= 0.3 is 0 Å².